The average molecular weight is 254 g/mol. The number of benzene rings is 1. The number of methoxy groups -OCH3 is 1. The molecule has 0 aliphatic rings. The lowest BCUT2D eigenvalue weighted by Crippen LogP contribution is -2.29. The van der Waals surface area contributed by atoms with Crippen LogP contribution in [0.1, 0.15) is 25.0 Å². The fourth-order valence-corrected chi connectivity index (χ4v) is 1.58. The topological polar surface area (TPSA) is 65.3 Å². The van der Waals surface area contributed by atoms with Gasteiger partial charge in [-0.3, -0.25) is 0 Å². The highest BCUT2D eigenvalue weighted by Crippen LogP contribution is 2.33. The molecular weight excluding hydrogens is 235 g/mol. The normalized spacial score (nSPS) is 11.2. The zero-order valence-corrected chi connectivity index (χ0v) is 11.1. The van der Waals surface area contributed by atoms with Gasteiger partial charge in [0.2, 0.25) is 0 Å². The molecule has 0 fully saturated rings. The Morgan fingerprint density at radius 1 is 1.56 bits per heavy atom. The van der Waals surface area contributed by atoms with E-state index in [1.165, 1.54) is 7.11 Å². The van der Waals surface area contributed by atoms with E-state index in [0.29, 0.717) is 16.8 Å². The Hall–Kier alpha value is -1.62. The van der Waals surface area contributed by atoms with Crippen molar-refractivity contribution >= 4 is 11.9 Å². The fraction of sp³-hybridized carbons (Fsp3) is 0.462. The standard InChI is InChI=1S/C13H19FN2O2/c1-8-5-9(6-15)11(12(18-4)10(8)14)16-7-13(2,3)17/h5-6,15-17H,7H2,1-4H3. The molecule has 18 heavy (non-hydrogen) atoms. The molecule has 1 aromatic rings. The van der Waals surface area contributed by atoms with Crippen LogP contribution in [-0.2, 0) is 0 Å². The summed E-state index contributed by atoms with van der Waals surface area (Å²) in [5, 5.41) is 20.0. The number of aryl methyl sites for hydroxylation is 1. The third-order valence-electron chi connectivity index (χ3n) is 2.49. The molecule has 0 unspecified atom stereocenters. The third-order valence-corrected chi connectivity index (χ3v) is 2.49. The molecule has 0 radical (unpaired) electrons. The zero-order valence-electron chi connectivity index (χ0n) is 11.1. The van der Waals surface area contributed by atoms with Crippen LogP contribution >= 0.6 is 0 Å². The molecular formula is C13H19FN2O2. The van der Waals surface area contributed by atoms with Crippen molar-refractivity contribution in [2.45, 2.75) is 26.4 Å². The number of hydrogen-bond donors (Lipinski definition) is 3. The van der Waals surface area contributed by atoms with E-state index >= 15 is 0 Å². The maximum absolute atomic E-state index is 13.9. The van der Waals surface area contributed by atoms with Crippen LogP contribution in [0.15, 0.2) is 6.07 Å². The highest BCUT2D eigenvalue weighted by atomic mass is 19.1. The summed E-state index contributed by atoms with van der Waals surface area (Å²) in [7, 11) is 1.38. The van der Waals surface area contributed by atoms with Gasteiger partial charge in [0.05, 0.1) is 18.4 Å². The Bertz CT molecular complexity index is 453. The average Bonchev–Trinajstić information content (AvgIpc) is 2.28. The van der Waals surface area contributed by atoms with Crippen molar-refractivity contribution in [3.05, 3.63) is 23.0 Å². The minimum atomic E-state index is -0.939. The van der Waals surface area contributed by atoms with Gasteiger partial charge in [0, 0.05) is 18.3 Å². The van der Waals surface area contributed by atoms with E-state index in [9.17, 15) is 9.50 Å². The van der Waals surface area contributed by atoms with E-state index in [-0.39, 0.29) is 12.3 Å². The first-order chi connectivity index (χ1) is 8.30. The molecule has 100 valence electrons. The Balaban J connectivity index is 3.22. The predicted molar refractivity (Wildman–Crippen MR) is 70.4 cm³/mol. The van der Waals surface area contributed by atoms with Gasteiger partial charge in [0.1, 0.15) is 0 Å². The molecule has 0 bridgehead atoms. The summed E-state index contributed by atoms with van der Waals surface area (Å²) in [6.07, 6.45) is 1.13. The van der Waals surface area contributed by atoms with Crippen molar-refractivity contribution < 1.29 is 14.2 Å². The first-order valence-corrected chi connectivity index (χ1v) is 5.64. The molecule has 0 heterocycles. The number of halogens is 1. The second-order valence-electron chi connectivity index (χ2n) is 4.82. The largest absolute Gasteiger partial charge is 0.492 e. The summed E-state index contributed by atoms with van der Waals surface area (Å²) >= 11 is 0. The molecule has 1 aromatic carbocycles. The van der Waals surface area contributed by atoms with Crippen LogP contribution in [-0.4, -0.2) is 30.6 Å². The fourth-order valence-electron chi connectivity index (χ4n) is 1.58. The van der Waals surface area contributed by atoms with Gasteiger partial charge in [-0.05, 0) is 32.4 Å². The van der Waals surface area contributed by atoms with E-state index in [1.54, 1.807) is 26.8 Å². The van der Waals surface area contributed by atoms with Gasteiger partial charge in [-0.15, -0.1) is 0 Å². The first kappa shape index (κ1) is 14.4. The lowest BCUT2D eigenvalue weighted by atomic mass is 10.1. The van der Waals surface area contributed by atoms with Crippen molar-refractivity contribution in [1.29, 1.82) is 5.41 Å². The molecule has 0 saturated carbocycles. The van der Waals surface area contributed by atoms with Crippen LogP contribution in [0.4, 0.5) is 10.1 Å². The predicted octanol–water partition coefficient (Wildman–Crippen LogP) is 2.32. The van der Waals surface area contributed by atoms with Crippen molar-refractivity contribution in [1.82, 2.24) is 0 Å². The van der Waals surface area contributed by atoms with Crippen LogP contribution < -0.4 is 10.1 Å². The molecule has 0 aliphatic carbocycles. The second-order valence-corrected chi connectivity index (χ2v) is 4.82. The highest BCUT2D eigenvalue weighted by Gasteiger charge is 2.19. The van der Waals surface area contributed by atoms with Crippen molar-refractivity contribution in [3.63, 3.8) is 0 Å². The molecule has 1 rings (SSSR count). The minimum Gasteiger partial charge on any atom is -0.492 e. The van der Waals surface area contributed by atoms with Crippen LogP contribution in [0.2, 0.25) is 0 Å². The molecule has 0 spiro atoms. The Kier molecular flexibility index (Phi) is 4.29. The zero-order chi connectivity index (χ0) is 13.9. The van der Waals surface area contributed by atoms with Gasteiger partial charge in [-0.25, -0.2) is 4.39 Å². The molecule has 0 amide bonds. The van der Waals surface area contributed by atoms with E-state index in [2.05, 4.69) is 5.32 Å². The maximum Gasteiger partial charge on any atom is 0.178 e. The molecule has 0 aliphatic heterocycles. The number of anilines is 1. The van der Waals surface area contributed by atoms with Gasteiger partial charge in [-0.2, -0.15) is 0 Å². The molecule has 0 aromatic heterocycles. The van der Waals surface area contributed by atoms with Gasteiger partial charge in [0.15, 0.2) is 11.6 Å². The summed E-state index contributed by atoms with van der Waals surface area (Å²) in [4.78, 5) is 0. The van der Waals surface area contributed by atoms with Crippen LogP contribution in [0, 0.1) is 18.2 Å². The van der Waals surface area contributed by atoms with Crippen LogP contribution in [0.3, 0.4) is 0 Å². The molecule has 5 heteroatoms. The van der Waals surface area contributed by atoms with Gasteiger partial charge >= 0.3 is 0 Å². The molecule has 0 atom stereocenters. The summed E-state index contributed by atoms with van der Waals surface area (Å²) < 4.78 is 18.9. The van der Waals surface area contributed by atoms with Gasteiger partial charge < -0.3 is 20.6 Å². The maximum atomic E-state index is 13.9. The smallest absolute Gasteiger partial charge is 0.178 e. The van der Waals surface area contributed by atoms with Gasteiger partial charge in [0.25, 0.3) is 0 Å². The van der Waals surface area contributed by atoms with Crippen LogP contribution in [0.25, 0.3) is 0 Å². The summed E-state index contributed by atoms with van der Waals surface area (Å²) in [5.74, 6) is -0.390. The van der Waals surface area contributed by atoms with E-state index in [0.717, 1.165) is 6.21 Å². The SMILES string of the molecule is COc1c(F)c(C)cc(C=N)c1NCC(C)(C)O. The highest BCUT2D eigenvalue weighted by molar-refractivity contribution is 5.89. The monoisotopic (exact) mass is 254 g/mol. The molecule has 4 nitrogen and oxygen atoms in total. The summed E-state index contributed by atoms with van der Waals surface area (Å²) in [6, 6.07) is 1.57. The third kappa shape index (κ3) is 3.20. The minimum absolute atomic E-state index is 0.0674. The first-order valence-electron chi connectivity index (χ1n) is 5.64. The van der Waals surface area contributed by atoms with E-state index in [4.69, 9.17) is 10.1 Å². The number of rotatable bonds is 5. The molecule has 0 saturated heterocycles. The number of nitrogens with one attached hydrogen (secondary N) is 2. The van der Waals surface area contributed by atoms with Gasteiger partial charge in [-0.1, -0.05) is 0 Å². The second kappa shape index (κ2) is 5.35. The Labute approximate surface area is 106 Å². The lowest BCUT2D eigenvalue weighted by molar-refractivity contribution is 0.0944. The van der Waals surface area contributed by atoms with Crippen molar-refractivity contribution in [2.24, 2.45) is 0 Å². The number of aliphatic hydroxyl groups is 1. The van der Waals surface area contributed by atoms with E-state index < -0.39 is 11.4 Å². The van der Waals surface area contributed by atoms with Crippen molar-refractivity contribution in [2.75, 3.05) is 19.0 Å². The number of hydrogen-bond acceptors (Lipinski definition) is 4. The Morgan fingerprint density at radius 2 is 2.17 bits per heavy atom. The van der Waals surface area contributed by atoms with E-state index in [1.807, 2.05) is 0 Å². The molecule has 3 N–H and O–H groups in total. The summed E-state index contributed by atoms with van der Waals surface area (Å²) in [5.41, 5.74) is 0.387. The quantitative estimate of drug-likeness (QED) is 0.706. The van der Waals surface area contributed by atoms with Crippen molar-refractivity contribution in [3.8, 4) is 5.75 Å². The lowest BCUT2D eigenvalue weighted by Gasteiger charge is -2.21. The number of ether oxygens (including phenoxy) is 1. The summed E-state index contributed by atoms with van der Waals surface area (Å²) in [6.45, 7) is 5.12. The Morgan fingerprint density at radius 3 is 2.61 bits per heavy atom. The van der Waals surface area contributed by atoms with Crippen LogP contribution in [0.5, 0.6) is 5.75 Å².